The molecule has 0 aliphatic carbocycles. The number of amides is 1. The van der Waals surface area contributed by atoms with Gasteiger partial charge in [-0.3, -0.25) is 4.79 Å². The number of anilines is 1. The van der Waals surface area contributed by atoms with Crippen LogP contribution in [0.4, 0.5) is 5.69 Å². The molecule has 5 nitrogen and oxygen atoms in total. The second kappa shape index (κ2) is 8.36. The van der Waals surface area contributed by atoms with Gasteiger partial charge in [-0.2, -0.15) is 5.26 Å². The van der Waals surface area contributed by atoms with Crippen molar-refractivity contribution in [3.8, 4) is 17.6 Å². The zero-order valence-corrected chi connectivity index (χ0v) is 15.3. The molecule has 0 aliphatic rings. The maximum Gasteiger partial charge on any atom is 0.266 e. The lowest BCUT2D eigenvalue weighted by Gasteiger charge is -2.11. The molecule has 0 spiro atoms. The van der Waals surface area contributed by atoms with Crippen molar-refractivity contribution in [2.45, 2.75) is 0 Å². The van der Waals surface area contributed by atoms with Crippen molar-refractivity contribution < 1.29 is 14.3 Å². The third kappa shape index (κ3) is 4.26. The lowest BCUT2D eigenvalue weighted by atomic mass is 10.1. The third-order valence-electron chi connectivity index (χ3n) is 3.16. The van der Waals surface area contributed by atoms with Crippen LogP contribution in [-0.4, -0.2) is 20.1 Å². The second-order valence-corrected chi connectivity index (χ2v) is 5.89. The Morgan fingerprint density at radius 2 is 1.92 bits per heavy atom. The number of halogens is 1. The first-order valence-electron chi connectivity index (χ1n) is 6.98. The number of para-hydroxylation sites is 1. The van der Waals surface area contributed by atoms with E-state index in [1.807, 2.05) is 30.3 Å². The molecule has 1 N–H and O–H groups in total. The SMILES string of the molecule is COc1cc(/C=C(\C#N)C(=O)Nc2ccccc2)cc(I)c1OC. The highest BCUT2D eigenvalue weighted by Crippen LogP contribution is 2.34. The van der Waals surface area contributed by atoms with Gasteiger partial charge >= 0.3 is 0 Å². The molecule has 0 fully saturated rings. The number of rotatable bonds is 5. The van der Waals surface area contributed by atoms with E-state index in [2.05, 4.69) is 27.9 Å². The number of hydrogen-bond donors (Lipinski definition) is 1. The summed E-state index contributed by atoms with van der Waals surface area (Å²) in [5.74, 6) is 0.687. The summed E-state index contributed by atoms with van der Waals surface area (Å²) in [5.41, 5.74) is 1.31. The summed E-state index contributed by atoms with van der Waals surface area (Å²) in [5, 5.41) is 12.0. The molecule has 0 radical (unpaired) electrons. The van der Waals surface area contributed by atoms with E-state index in [0.717, 1.165) is 3.57 Å². The molecule has 0 unspecified atom stereocenters. The molecular formula is C18H15IN2O3. The van der Waals surface area contributed by atoms with Gasteiger partial charge < -0.3 is 14.8 Å². The van der Waals surface area contributed by atoms with Gasteiger partial charge in [0.2, 0.25) is 0 Å². The van der Waals surface area contributed by atoms with Crippen molar-refractivity contribution in [3.05, 3.63) is 57.2 Å². The van der Waals surface area contributed by atoms with E-state index in [1.165, 1.54) is 13.2 Å². The number of hydrogen-bond acceptors (Lipinski definition) is 4. The van der Waals surface area contributed by atoms with Gasteiger partial charge in [-0.15, -0.1) is 0 Å². The van der Waals surface area contributed by atoms with Gasteiger partial charge in [-0.1, -0.05) is 18.2 Å². The third-order valence-corrected chi connectivity index (χ3v) is 3.96. The number of nitrogens with one attached hydrogen (secondary N) is 1. The van der Waals surface area contributed by atoms with Crippen molar-refractivity contribution in [1.29, 1.82) is 5.26 Å². The molecule has 6 heteroatoms. The zero-order valence-electron chi connectivity index (χ0n) is 13.2. The summed E-state index contributed by atoms with van der Waals surface area (Å²) in [4.78, 5) is 12.3. The van der Waals surface area contributed by atoms with Crippen LogP contribution < -0.4 is 14.8 Å². The summed E-state index contributed by atoms with van der Waals surface area (Å²) >= 11 is 2.11. The Kier molecular flexibility index (Phi) is 6.21. The zero-order chi connectivity index (χ0) is 17.5. The van der Waals surface area contributed by atoms with Crippen molar-refractivity contribution in [2.75, 3.05) is 19.5 Å². The monoisotopic (exact) mass is 434 g/mol. The van der Waals surface area contributed by atoms with Crippen LogP contribution in [0, 0.1) is 14.9 Å². The van der Waals surface area contributed by atoms with Gasteiger partial charge in [0.15, 0.2) is 11.5 Å². The fraction of sp³-hybridized carbons (Fsp3) is 0.111. The molecule has 2 aromatic carbocycles. The summed E-state index contributed by atoms with van der Waals surface area (Å²) in [6.45, 7) is 0. The molecule has 2 aromatic rings. The summed E-state index contributed by atoms with van der Waals surface area (Å²) in [7, 11) is 3.10. The van der Waals surface area contributed by atoms with Crippen LogP contribution in [0.5, 0.6) is 11.5 Å². The van der Waals surface area contributed by atoms with Crippen LogP contribution in [0.2, 0.25) is 0 Å². The van der Waals surface area contributed by atoms with Crippen molar-refractivity contribution in [1.82, 2.24) is 0 Å². The molecule has 0 bridgehead atoms. The number of nitriles is 1. The Labute approximate surface area is 154 Å². The molecule has 0 atom stereocenters. The van der Waals surface area contributed by atoms with Gasteiger partial charge in [-0.05, 0) is 58.5 Å². The molecule has 122 valence electrons. The van der Waals surface area contributed by atoms with Crippen molar-refractivity contribution >= 4 is 40.3 Å². The maximum absolute atomic E-state index is 12.3. The minimum Gasteiger partial charge on any atom is -0.493 e. The number of ether oxygens (including phenoxy) is 2. The first kappa shape index (κ1) is 17.8. The Morgan fingerprint density at radius 1 is 1.21 bits per heavy atom. The predicted octanol–water partition coefficient (Wildman–Crippen LogP) is 3.85. The number of benzene rings is 2. The highest BCUT2D eigenvalue weighted by atomic mass is 127. The van der Waals surface area contributed by atoms with Crippen molar-refractivity contribution in [2.24, 2.45) is 0 Å². The quantitative estimate of drug-likeness (QED) is 0.441. The normalized spacial score (nSPS) is 10.7. The highest BCUT2D eigenvalue weighted by molar-refractivity contribution is 14.1. The standard InChI is InChI=1S/C18H15IN2O3/c1-23-16-10-12(9-15(19)17(16)24-2)8-13(11-20)18(22)21-14-6-4-3-5-7-14/h3-10H,1-2H3,(H,21,22)/b13-8+. The van der Waals surface area contributed by atoms with E-state index in [9.17, 15) is 10.1 Å². The molecule has 2 rings (SSSR count). The van der Waals surface area contributed by atoms with Crippen LogP contribution >= 0.6 is 22.6 Å². The van der Waals surface area contributed by atoms with Crippen LogP contribution in [-0.2, 0) is 4.79 Å². The van der Waals surface area contributed by atoms with Gasteiger partial charge in [0, 0.05) is 5.69 Å². The topological polar surface area (TPSA) is 71.3 Å². The van der Waals surface area contributed by atoms with Gasteiger partial charge in [-0.25, -0.2) is 0 Å². The van der Waals surface area contributed by atoms with Crippen molar-refractivity contribution in [3.63, 3.8) is 0 Å². The molecule has 0 saturated carbocycles. The minimum absolute atomic E-state index is 0.00173. The molecule has 24 heavy (non-hydrogen) atoms. The van der Waals surface area contributed by atoms with Crippen LogP contribution in [0.3, 0.4) is 0 Å². The maximum atomic E-state index is 12.3. The van der Waals surface area contributed by atoms with Crippen LogP contribution in [0.25, 0.3) is 6.08 Å². The molecule has 1 amide bonds. The molecule has 0 aliphatic heterocycles. The molecule has 0 saturated heterocycles. The number of methoxy groups -OCH3 is 2. The minimum atomic E-state index is -0.464. The first-order valence-corrected chi connectivity index (χ1v) is 8.06. The first-order chi connectivity index (χ1) is 11.6. The van der Waals surface area contributed by atoms with Crippen LogP contribution in [0.15, 0.2) is 48.0 Å². The van der Waals surface area contributed by atoms with E-state index >= 15 is 0 Å². The fourth-order valence-electron chi connectivity index (χ4n) is 2.06. The highest BCUT2D eigenvalue weighted by Gasteiger charge is 2.13. The van der Waals surface area contributed by atoms with E-state index < -0.39 is 5.91 Å². The van der Waals surface area contributed by atoms with Gasteiger partial charge in [0.25, 0.3) is 5.91 Å². The molecule has 0 aromatic heterocycles. The summed E-state index contributed by atoms with van der Waals surface area (Å²) in [6, 6.07) is 14.4. The van der Waals surface area contributed by atoms with E-state index in [4.69, 9.17) is 9.47 Å². The average Bonchev–Trinajstić information content (AvgIpc) is 2.59. The Bertz CT molecular complexity index is 811. The van der Waals surface area contributed by atoms with E-state index in [1.54, 1.807) is 25.3 Å². The molecule has 0 heterocycles. The second-order valence-electron chi connectivity index (χ2n) is 4.73. The van der Waals surface area contributed by atoms with E-state index in [-0.39, 0.29) is 5.57 Å². The Balaban J connectivity index is 2.32. The Hall–Kier alpha value is -2.53. The Morgan fingerprint density at radius 3 is 2.50 bits per heavy atom. The summed E-state index contributed by atoms with van der Waals surface area (Å²) < 4.78 is 11.4. The fourth-order valence-corrected chi connectivity index (χ4v) is 2.90. The number of nitrogens with zero attached hydrogens (tertiary/aromatic N) is 1. The lowest BCUT2D eigenvalue weighted by molar-refractivity contribution is -0.112. The molecular weight excluding hydrogens is 419 g/mol. The predicted molar refractivity (Wildman–Crippen MR) is 101 cm³/mol. The van der Waals surface area contributed by atoms with Gasteiger partial charge in [0.1, 0.15) is 11.6 Å². The summed E-state index contributed by atoms with van der Waals surface area (Å²) in [6.07, 6.45) is 1.52. The average molecular weight is 434 g/mol. The van der Waals surface area contributed by atoms with E-state index in [0.29, 0.717) is 22.7 Å². The number of carbonyl (C=O) groups is 1. The van der Waals surface area contributed by atoms with Crippen LogP contribution in [0.1, 0.15) is 5.56 Å². The lowest BCUT2D eigenvalue weighted by Crippen LogP contribution is -2.13. The smallest absolute Gasteiger partial charge is 0.266 e. The van der Waals surface area contributed by atoms with Gasteiger partial charge in [0.05, 0.1) is 17.8 Å². The largest absolute Gasteiger partial charge is 0.493 e. The number of carbonyl (C=O) groups excluding carboxylic acids is 1.